The number of aryl methyl sites for hydroxylation is 1. The molecule has 18 heavy (non-hydrogen) atoms. The summed E-state index contributed by atoms with van der Waals surface area (Å²) in [6.07, 6.45) is 1.78. The first-order valence-corrected chi connectivity index (χ1v) is 6.70. The highest BCUT2D eigenvalue weighted by molar-refractivity contribution is 9.10. The van der Waals surface area contributed by atoms with E-state index in [4.69, 9.17) is 17.3 Å². The van der Waals surface area contributed by atoms with Crippen LogP contribution in [0.3, 0.4) is 0 Å². The second kappa shape index (κ2) is 5.34. The molecule has 5 heteroatoms. The molecule has 0 unspecified atom stereocenters. The van der Waals surface area contributed by atoms with Gasteiger partial charge in [0, 0.05) is 33.5 Å². The van der Waals surface area contributed by atoms with Crippen LogP contribution in [-0.4, -0.2) is 9.97 Å². The lowest BCUT2D eigenvalue weighted by atomic mass is 10.1. The highest BCUT2D eigenvalue weighted by Gasteiger charge is 2.09. The van der Waals surface area contributed by atoms with Gasteiger partial charge in [0.1, 0.15) is 0 Å². The molecule has 0 aliphatic carbocycles. The number of hydrogen-bond donors (Lipinski definition) is 1. The molecule has 1 atom stereocenters. The van der Waals surface area contributed by atoms with Gasteiger partial charge >= 0.3 is 0 Å². The van der Waals surface area contributed by atoms with Crippen LogP contribution in [0.5, 0.6) is 0 Å². The molecule has 2 rings (SSSR count). The van der Waals surface area contributed by atoms with Crippen LogP contribution < -0.4 is 5.73 Å². The first-order chi connectivity index (χ1) is 8.49. The first kappa shape index (κ1) is 13.5. The molecule has 2 N–H and O–H groups in total. The van der Waals surface area contributed by atoms with Crippen molar-refractivity contribution in [3.63, 3.8) is 0 Å². The molecule has 0 fully saturated rings. The van der Waals surface area contributed by atoms with Crippen molar-refractivity contribution in [1.82, 2.24) is 9.97 Å². The summed E-state index contributed by atoms with van der Waals surface area (Å²) in [6.45, 7) is 3.86. The Morgan fingerprint density at radius 3 is 2.67 bits per heavy atom. The Kier molecular flexibility index (Phi) is 4.00. The third kappa shape index (κ3) is 2.71. The maximum Gasteiger partial charge on any atom is 0.159 e. The van der Waals surface area contributed by atoms with Gasteiger partial charge in [0.25, 0.3) is 0 Å². The minimum atomic E-state index is -0.0593. The molecule has 1 heterocycles. The number of hydrogen-bond acceptors (Lipinski definition) is 3. The fraction of sp³-hybridized carbons (Fsp3) is 0.231. The highest BCUT2D eigenvalue weighted by atomic mass is 79.9. The lowest BCUT2D eigenvalue weighted by molar-refractivity contribution is 0.790. The summed E-state index contributed by atoms with van der Waals surface area (Å²) in [7, 11) is 0. The SMILES string of the molecule is Cc1nc(-c2ccc(Cl)c(Br)c2)ncc1[C@H](C)N. The fourth-order valence-corrected chi connectivity index (χ4v) is 2.19. The van der Waals surface area contributed by atoms with E-state index in [0.29, 0.717) is 10.8 Å². The maximum absolute atomic E-state index is 5.96. The Hall–Kier alpha value is -0.970. The minimum Gasteiger partial charge on any atom is -0.324 e. The smallest absolute Gasteiger partial charge is 0.159 e. The van der Waals surface area contributed by atoms with Crippen molar-refractivity contribution < 1.29 is 0 Å². The average molecular weight is 327 g/mol. The molecule has 0 saturated carbocycles. The van der Waals surface area contributed by atoms with E-state index in [2.05, 4.69) is 25.9 Å². The number of nitrogens with two attached hydrogens (primary N) is 1. The highest BCUT2D eigenvalue weighted by Crippen LogP contribution is 2.27. The molecule has 0 aliphatic heterocycles. The monoisotopic (exact) mass is 325 g/mol. The van der Waals surface area contributed by atoms with E-state index < -0.39 is 0 Å². The molecule has 0 amide bonds. The standard InChI is InChI=1S/C13H13BrClN3/c1-7(16)10-6-17-13(18-8(10)2)9-3-4-12(15)11(14)5-9/h3-7H,16H2,1-2H3/t7-/m0/s1. The molecule has 0 saturated heterocycles. The van der Waals surface area contributed by atoms with Crippen LogP contribution in [0, 0.1) is 6.92 Å². The topological polar surface area (TPSA) is 51.8 Å². The van der Waals surface area contributed by atoms with Crippen molar-refractivity contribution in [3.8, 4) is 11.4 Å². The van der Waals surface area contributed by atoms with Gasteiger partial charge in [-0.2, -0.15) is 0 Å². The van der Waals surface area contributed by atoms with Gasteiger partial charge in [-0.3, -0.25) is 0 Å². The summed E-state index contributed by atoms with van der Waals surface area (Å²) < 4.78 is 0.833. The van der Waals surface area contributed by atoms with E-state index in [0.717, 1.165) is 21.3 Å². The van der Waals surface area contributed by atoms with E-state index >= 15 is 0 Å². The molecular formula is C13H13BrClN3. The van der Waals surface area contributed by atoms with Crippen LogP contribution in [0.25, 0.3) is 11.4 Å². The maximum atomic E-state index is 5.96. The van der Waals surface area contributed by atoms with Crippen LogP contribution in [-0.2, 0) is 0 Å². The predicted octanol–water partition coefficient (Wildman–Crippen LogP) is 3.89. The zero-order chi connectivity index (χ0) is 13.3. The fourth-order valence-electron chi connectivity index (χ4n) is 1.70. The van der Waals surface area contributed by atoms with Crippen molar-refractivity contribution >= 4 is 27.5 Å². The van der Waals surface area contributed by atoms with Gasteiger partial charge < -0.3 is 5.73 Å². The molecule has 2 aromatic rings. The number of benzene rings is 1. The van der Waals surface area contributed by atoms with Gasteiger partial charge in [0.2, 0.25) is 0 Å². The quantitative estimate of drug-likeness (QED) is 0.911. The van der Waals surface area contributed by atoms with Crippen molar-refractivity contribution in [2.75, 3.05) is 0 Å². The lowest BCUT2D eigenvalue weighted by Gasteiger charge is -2.10. The Labute approximate surface area is 120 Å². The lowest BCUT2D eigenvalue weighted by Crippen LogP contribution is -2.09. The Bertz CT molecular complexity index is 584. The summed E-state index contributed by atoms with van der Waals surface area (Å²) in [5, 5.41) is 0.669. The number of rotatable bonds is 2. The summed E-state index contributed by atoms with van der Waals surface area (Å²) in [6, 6.07) is 5.56. The Morgan fingerprint density at radius 2 is 2.11 bits per heavy atom. The Morgan fingerprint density at radius 1 is 1.39 bits per heavy atom. The number of halogens is 2. The molecular weight excluding hydrogens is 314 g/mol. The first-order valence-electron chi connectivity index (χ1n) is 5.53. The molecule has 0 bridgehead atoms. The van der Waals surface area contributed by atoms with E-state index in [1.807, 2.05) is 32.0 Å². The minimum absolute atomic E-state index is 0.0593. The van der Waals surface area contributed by atoms with Crippen molar-refractivity contribution in [2.24, 2.45) is 5.73 Å². The van der Waals surface area contributed by atoms with Crippen LogP contribution in [0.2, 0.25) is 5.02 Å². The zero-order valence-electron chi connectivity index (χ0n) is 10.1. The van der Waals surface area contributed by atoms with Gasteiger partial charge in [0.05, 0.1) is 5.02 Å². The largest absolute Gasteiger partial charge is 0.324 e. The second-order valence-corrected chi connectivity index (χ2v) is 5.41. The molecule has 1 aromatic carbocycles. The summed E-state index contributed by atoms with van der Waals surface area (Å²) in [4.78, 5) is 8.83. The third-order valence-electron chi connectivity index (χ3n) is 2.69. The molecule has 0 aliphatic rings. The molecule has 94 valence electrons. The van der Waals surface area contributed by atoms with E-state index in [9.17, 15) is 0 Å². The van der Waals surface area contributed by atoms with Crippen molar-refractivity contribution in [2.45, 2.75) is 19.9 Å². The third-order valence-corrected chi connectivity index (χ3v) is 3.90. The summed E-state index contributed by atoms with van der Waals surface area (Å²) in [5.41, 5.74) is 8.63. The molecule has 1 aromatic heterocycles. The van der Waals surface area contributed by atoms with E-state index in [-0.39, 0.29) is 6.04 Å². The van der Waals surface area contributed by atoms with Crippen LogP contribution in [0.15, 0.2) is 28.9 Å². The predicted molar refractivity (Wildman–Crippen MR) is 77.5 cm³/mol. The van der Waals surface area contributed by atoms with Crippen molar-refractivity contribution in [3.05, 3.63) is 45.1 Å². The second-order valence-electron chi connectivity index (χ2n) is 4.15. The van der Waals surface area contributed by atoms with Crippen LogP contribution in [0.4, 0.5) is 0 Å². The zero-order valence-corrected chi connectivity index (χ0v) is 12.5. The number of aromatic nitrogens is 2. The molecule has 3 nitrogen and oxygen atoms in total. The normalized spacial score (nSPS) is 12.5. The van der Waals surface area contributed by atoms with Gasteiger partial charge in [-0.1, -0.05) is 11.6 Å². The van der Waals surface area contributed by atoms with Crippen LogP contribution >= 0.6 is 27.5 Å². The molecule has 0 spiro atoms. The molecule has 0 radical (unpaired) electrons. The van der Waals surface area contributed by atoms with Gasteiger partial charge in [0.15, 0.2) is 5.82 Å². The Balaban J connectivity index is 2.45. The van der Waals surface area contributed by atoms with E-state index in [1.165, 1.54) is 0 Å². The van der Waals surface area contributed by atoms with Gasteiger partial charge in [-0.25, -0.2) is 9.97 Å². The van der Waals surface area contributed by atoms with Gasteiger partial charge in [-0.05, 0) is 48.0 Å². The average Bonchev–Trinajstić information content (AvgIpc) is 2.32. The number of nitrogens with zero attached hydrogens (tertiary/aromatic N) is 2. The summed E-state index contributed by atoms with van der Waals surface area (Å²) >= 11 is 9.35. The van der Waals surface area contributed by atoms with Crippen molar-refractivity contribution in [1.29, 1.82) is 0 Å². The van der Waals surface area contributed by atoms with Crippen LogP contribution in [0.1, 0.15) is 24.2 Å². The van der Waals surface area contributed by atoms with Gasteiger partial charge in [-0.15, -0.1) is 0 Å². The summed E-state index contributed by atoms with van der Waals surface area (Å²) in [5.74, 6) is 0.675. The van der Waals surface area contributed by atoms with E-state index in [1.54, 1.807) is 6.20 Å².